The van der Waals surface area contributed by atoms with Crippen LogP contribution in [0, 0.1) is 0 Å². The molecule has 1 rings (SSSR count). The predicted octanol–water partition coefficient (Wildman–Crippen LogP) is 0.190. The van der Waals surface area contributed by atoms with Crippen LogP contribution in [0.5, 0.6) is 0 Å². The van der Waals surface area contributed by atoms with E-state index in [2.05, 4.69) is 5.32 Å². The van der Waals surface area contributed by atoms with Gasteiger partial charge in [0, 0.05) is 19.8 Å². The van der Waals surface area contributed by atoms with Crippen molar-refractivity contribution in [2.75, 3.05) is 32.1 Å². The van der Waals surface area contributed by atoms with Gasteiger partial charge in [0.05, 0.1) is 11.0 Å². The number of sulfone groups is 1. The lowest BCUT2D eigenvalue weighted by Crippen LogP contribution is -2.34. The molecule has 0 radical (unpaired) electrons. The van der Waals surface area contributed by atoms with E-state index >= 15 is 0 Å². The van der Waals surface area contributed by atoms with Crippen molar-refractivity contribution in [3.8, 4) is 0 Å². The summed E-state index contributed by atoms with van der Waals surface area (Å²) in [4.78, 5) is 0. The molecule has 0 bridgehead atoms. The Morgan fingerprint density at radius 1 is 1.36 bits per heavy atom. The first-order valence-electron chi connectivity index (χ1n) is 5.17. The molecule has 1 N–H and O–H groups in total. The highest BCUT2D eigenvalue weighted by Crippen LogP contribution is 2.15. The lowest BCUT2D eigenvalue weighted by molar-refractivity contribution is 0.0983. The lowest BCUT2D eigenvalue weighted by Gasteiger charge is -2.22. The van der Waals surface area contributed by atoms with Crippen molar-refractivity contribution in [3.63, 3.8) is 0 Å². The van der Waals surface area contributed by atoms with Crippen molar-refractivity contribution in [1.82, 2.24) is 5.32 Å². The van der Waals surface area contributed by atoms with Crippen LogP contribution in [-0.4, -0.2) is 45.7 Å². The number of hydrogen-bond acceptors (Lipinski definition) is 4. The van der Waals surface area contributed by atoms with Crippen LogP contribution in [0.4, 0.5) is 0 Å². The Kier molecular flexibility index (Phi) is 4.84. The van der Waals surface area contributed by atoms with Gasteiger partial charge in [-0.15, -0.1) is 0 Å². The van der Waals surface area contributed by atoms with Crippen LogP contribution < -0.4 is 5.32 Å². The Balaban J connectivity index is 2.38. The summed E-state index contributed by atoms with van der Waals surface area (Å²) in [5.41, 5.74) is 0. The Morgan fingerprint density at radius 3 is 2.57 bits per heavy atom. The average molecular weight is 221 g/mol. The predicted molar refractivity (Wildman–Crippen MR) is 56.2 cm³/mol. The smallest absolute Gasteiger partial charge is 0.154 e. The second kappa shape index (κ2) is 5.68. The molecule has 0 saturated carbocycles. The number of nitrogens with one attached hydrogen (secondary N) is 1. The van der Waals surface area contributed by atoms with Crippen LogP contribution in [0.15, 0.2) is 0 Å². The van der Waals surface area contributed by atoms with Crippen molar-refractivity contribution in [2.24, 2.45) is 0 Å². The molecule has 1 heterocycles. The number of hydrogen-bond donors (Lipinski definition) is 1. The fraction of sp³-hybridized carbons (Fsp3) is 1.00. The average Bonchev–Trinajstić information content (AvgIpc) is 2.19. The van der Waals surface area contributed by atoms with E-state index in [0.717, 1.165) is 6.54 Å². The molecule has 5 heteroatoms. The highest BCUT2D eigenvalue weighted by molar-refractivity contribution is 7.92. The first-order chi connectivity index (χ1) is 6.67. The first-order valence-corrected chi connectivity index (χ1v) is 6.88. The van der Waals surface area contributed by atoms with Gasteiger partial charge in [-0.1, -0.05) is 6.92 Å². The highest BCUT2D eigenvalue weighted by atomic mass is 32.2. The Bertz CT molecular complexity index is 245. The molecular formula is C9H19NO3S. The molecule has 0 atom stereocenters. The van der Waals surface area contributed by atoms with Gasteiger partial charge in [0.2, 0.25) is 0 Å². The summed E-state index contributed by atoms with van der Waals surface area (Å²) >= 11 is 0. The molecule has 0 aromatic heterocycles. The minimum Gasteiger partial charge on any atom is -0.381 e. The zero-order valence-electron chi connectivity index (χ0n) is 8.66. The molecule has 0 aromatic rings. The third kappa shape index (κ3) is 3.55. The lowest BCUT2D eigenvalue weighted by atomic mass is 10.2. The van der Waals surface area contributed by atoms with Crippen LogP contribution in [0.1, 0.15) is 19.8 Å². The maximum atomic E-state index is 11.8. The fourth-order valence-corrected chi connectivity index (χ4v) is 3.27. The highest BCUT2D eigenvalue weighted by Gasteiger charge is 2.26. The normalized spacial score (nSPS) is 19.8. The zero-order chi connectivity index (χ0) is 10.4. The molecule has 0 aliphatic carbocycles. The molecule has 0 unspecified atom stereocenters. The van der Waals surface area contributed by atoms with E-state index in [1.807, 2.05) is 6.92 Å². The standard InChI is InChI=1S/C9H19NO3S/c1-2-10-5-8-14(11,12)9-3-6-13-7-4-9/h9-10H,2-8H2,1H3. The first kappa shape index (κ1) is 11.9. The monoisotopic (exact) mass is 221 g/mol. The quantitative estimate of drug-likeness (QED) is 0.673. The van der Waals surface area contributed by atoms with E-state index in [1.54, 1.807) is 0 Å². The minimum atomic E-state index is -2.90. The summed E-state index contributed by atoms with van der Waals surface area (Å²) in [5.74, 6) is 0.255. The topological polar surface area (TPSA) is 55.4 Å². The van der Waals surface area contributed by atoms with Crippen LogP contribution in [0.2, 0.25) is 0 Å². The third-order valence-electron chi connectivity index (χ3n) is 2.49. The van der Waals surface area contributed by atoms with Crippen LogP contribution in [0.3, 0.4) is 0 Å². The van der Waals surface area contributed by atoms with Gasteiger partial charge in [-0.3, -0.25) is 0 Å². The van der Waals surface area contributed by atoms with E-state index in [9.17, 15) is 8.42 Å². The van der Waals surface area contributed by atoms with Gasteiger partial charge in [0.1, 0.15) is 0 Å². The molecule has 1 aliphatic heterocycles. The number of rotatable bonds is 5. The van der Waals surface area contributed by atoms with Gasteiger partial charge in [-0.2, -0.15) is 0 Å². The Morgan fingerprint density at radius 2 is 2.00 bits per heavy atom. The van der Waals surface area contributed by atoms with Gasteiger partial charge >= 0.3 is 0 Å². The molecule has 1 fully saturated rings. The molecule has 0 aromatic carbocycles. The fourth-order valence-electron chi connectivity index (χ4n) is 1.59. The summed E-state index contributed by atoms with van der Waals surface area (Å²) in [6.45, 7) is 4.54. The van der Waals surface area contributed by atoms with Gasteiger partial charge in [-0.05, 0) is 19.4 Å². The van der Waals surface area contributed by atoms with E-state index in [4.69, 9.17) is 4.74 Å². The molecule has 14 heavy (non-hydrogen) atoms. The van der Waals surface area contributed by atoms with Crippen LogP contribution in [-0.2, 0) is 14.6 Å². The van der Waals surface area contributed by atoms with E-state index in [-0.39, 0.29) is 11.0 Å². The van der Waals surface area contributed by atoms with Gasteiger partial charge in [0.25, 0.3) is 0 Å². The second-order valence-electron chi connectivity index (χ2n) is 3.53. The SMILES string of the molecule is CCNCCS(=O)(=O)C1CCOCC1. The van der Waals surface area contributed by atoms with E-state index < -0.39 is 9.84 Å². The Hall–Kier alpha value is -0.130. The van der Waals surface area contributed by atoms with Crippen molar-refractivity contribution in [1.29, 1.82) is 0 Å². The van der Waals surface area contributed by atoms with Crippen molar-refractivity contribution < 1.29 is 13.2 Å². The maximum absolute atomic E-state index is 11.8. The molecule has 84 valence electrons. The molecule has 1 aliphatic rings. The van der Waals surface area contributed by atoms with E-state index in [0.29, 0.717) is 32.6 Å². The summed E-state index contributed by atoms with van der Waals surface area (Å²) < 4.78 is 28.7. The molecule has 0 amide bonds. The summed E-state index contributed by atoms with van der Waals surface area (Å²) in [6.07, 6.45) is 1.32. The summed E-state index contributed by atoms with van der Waals surface area (Å²) in [6, 6.07) is 0. The molecule has 1 saturated heterocycles. The second-order valence-corrected chi connectivity index (χ2v) is 5.93. The summed E-state index contributed by atoms with van der Waals surface area (Å²) in [5, 5.41) is 2.86. The van der Waals surface area contributed by atoms with Crippen molar-refractivity contribution in [2.45, 2.75) is 25.0 Å². The van der Waals surface area contributed by atoms with Gasteiger partial charge in [-0.25, -0.2) is 8.42 Å². The van der Waals surface area contributed by atoms with Gasteiger partial charge in [0.15, 0.2) is 9.84 Å². The summed E-state index contributed by atoms with van der Waals surface area (Å²) in [7, 11) is -2.90. The van der Waals surface area contributed by atoms with Crippen molar-refractivity contribution >= 4 is 9.84 Å². The largest absolute Gasteiger partial charge is 0.381 e. The van der Waals surface area contributed by atoms with Crippen molar-refractivity contribution in [3.05, 3.63) is 0 Å². The van der Waals surface area contributed by atoms with Crippen LogP contribution in [0.25, 0.3) is 0 Å². The molecule has 0 spiro atoms. The maximum Gasteiger partial charge on any atom is 0.154 e. The molecular weight excluding hydrogens is 202 g/mol. The zero-order valence-corrected chi connectivity index (χ0v) is 9.48. The Labute approximate surface area is 85.9 Å². The third-order valence-corrected chi connectivity index (χ3v) is 4.75. The van der Waals surface area contributed by atoms with Crippen LogP contribution >= 0.6 is 0 Å². The van der Waals surface area contributed by atoms with Gasteiger partial charge < -0.3 is 10.1 Å². The van der Waals surface area contributed by atoms with E-state index in [1.165, 1.54) is 0 Å². The molecule has 4 nitrogen and oxygen atoms in total. The minimum absolute atomic E-state index is 0.171. The number of ether oxygens (including phenoxy) is 1.